The average molecular weight is 241 g/mol. The first-order valence-corrected chi connectivity index (χ1v) is 6.24. The monoisotopic (exact) mass is 241 g/mol. The largest absolute Gasteiger partial charge is 0.481 e. The third-order valence-electron chi connectivity index (χ3n) is 3.71. The van der Waals surface area contributed by atoms with Gasteiger partial charge in [0.15, 0.2) is 0 Å². The number of likely N-dealkylation sites (tertiary alicyclic amines) is 1. The molecule has 3 atom stereocenters. The number of carbonyl (C=O) groups is 2. The van der Waals surface area contributed by atoms with Crippen LogP contribution in [0.3, 0.4) is 0 Å². The molecule has 0 aromatic rings. The van der Waals surface area contributed by atoms with E-state index in [9.17, 15) is 9.59 Å². The highest BCUT2D eigenvalue weighted by atomic mass is 16.5. The molecule has 2 saturated heterocycles. The lowest BCUT2D eigenvalue weighted by atomic mass is 9.91. The molecule has 96 valence electrons. The van der Waals surface area contributed by atoms with Crippen LogP contribution in [-0.2, 0) is 14.3 Å². The van der Waals surface area contributed by atoms with E-state index in [0.29, 0.717) is 26.0 Å². The van der Waals surface area contributed by atoms with E-state index in [0.717, 1.165) is 12.8 Å². The average Bonchev–Trinajstić information content (AvgIpc) is 2.81. The second-order valence-electron chi connectivity index (χ2n) is 4.94. The van der Waals surface area contributed by atoms with E-state index >= 15 is 0 Å². The number of hydrogen-bond donors (Lipinski definition) is 1. The molecule has 2 aliphatic rings. The number of carbonyl (C=O) groups excluding carboxylic acids is 1. The maximum atomic E-state index is 12.1. The van der Waals surface area contributed by atoms with E-state index in [4.69, 9.17) is 9.84 Å². The van der Waals surface area contributed by atoms with Crippen LogP contribution < -0.4 is 0 Å². The first-order chi connectivity index (χ1) is 8.09. The molecule has 0 aromatic carbocycles. The molecule has 0 radical (unpaired) electrons. The van der Waals surface area contributed by atoms with Gasteiger partial charge >= 0.3 is 5.97 Å². The van der Waals surface area contributed by atoms with Crippen molar-refractivity contribution in [2.45, 2.75) is 44.8 Å². The summed E-state index contributed by atoms with van der Waals surface area (Å²) in [5.41, 5.74) is 0. The van der Waals surface area contributed by atoms with Crippen molar-refractivity contribution in [3.63, 3.8) is 0 Å². The molecule has 0 saturated carbocycles. The molecule has 1 amide bonds. The Labute approximate surface area is 101 Å². The van der Waals surface area contributed by atoms with Gasteiger partial charge in [-0.05, 0) is 32.6 Å². The molecule has 2 rings (SSSR count). The van der Waals surface area contributed by atoms with Crippen molar-refractivity contribution < 1.29 is 19.4 Å². The SMILES string of the molecule is CC1CC(C(=O)O)CCN1C(=O)C1CCCO1. The summed E-state index contributed by atoms with van der Waals surface area (Å²) in [7, 11) is 0. The number of carboxylic acids is 1. The molecule has 17 heavy (non-hydrogen) atoms. The maximum Gasteiger partial charge on any atom is 0.306 e. The van der Waals surface area contributed by atoms with Crippen LogP contribution in [0.4, 0.5) is 0 Å². The molecular formula is C12H19NO4. The fourth-order valence-electron chi connectivity index (χ4n) is 2.68. The lowest BCUT2D eigenvalue weighted by molar-refractivity contribution is -0.151. The van der Waals surface area contributed by atoms with Gasteiger partial charge in [0.05, 0.1) is 5.92 Å². The van der Waals surface area contributed by atoms with E-state index in [-0.39, 0.29) is 24.0 Å². The zero-order valence-corrected chi connectivity index (χ0v) is 10.1. The van der Waals surface area contributed by atoms with Crippen molar-refractivity contribution in [2.24, 2.45) is 5.92 Å². The molecule has 5 nitrogen and oxygen atoms in total. The predicted molar refractivity (Wildman–Crippen MR) is 60.5 cm³/mol. The molecule has 0 aliphatic carbocycles. The summed E-state index contributed by atoms with van der Waals surface area (Å²) < 4.78 is 5.38. The van der Waals surface area contributed by atoms with Gasteiger partial charge in [0.1, 0.15) is 6.10 Å². The van der Waals surface area contributed by atoms with Gasteiger partial charge in [-0.2, -0.15) is 0 Å². The van der Waals surface area contributed by atoms with Gasteiger partial charge in [-0.25, -0.2) is 0 Å². The molecule has 0 bridgehead atoms. The van der Waals surface area contributed by atoms with Crippen LogP contribution in [-0.4, -0.2) is 47.2 Å². The molecule has 0 spiro atoms. The number of hydrogen-bond acceptors (Lipinski definition) is 3. The summed E-state index contributed by atoms with van der Waals surface area (Å²) in [4.78, 5) is 24.8. The Kier molecular flexibility index (Phi) is 3.66. The van der Waals surface area contributed by atoms with E-state index in [1.54, 1.807) is 4.90 Å². The Hall–Kier alpha value is -1.10. The van der Waals surface area contributed by atoms with Crippen molar-refractivity contribution in [3.05, 3.63) is 0 Å². The maximum absolute atomic E-state index is 12.1. The zero-order chi connectivity index (χ0) is 12.4. The second kappa shape index (κ2) is 5.04. The summed E-state index contributed by atoms with van der Waals surface area (Å²) >= 11 is 0. The van der Waals surface area contributed by atoms with Crippen LogP contribution in [0.1, 0.15) is 32.6 Å². The topological polar surface area (TPSA) is 66.8 Å². The van der Waals surface area contributed by atoms with E-state index < -0.39 is 5.97 Å². The van der Waals surface area contributed by atoms with Gasteiger partial charge in [0, 0.05) is 19.2 Å². The van der Waals surface area contributed by atoms with Crippen LogP contribution in [0.15, 0.2) is 0 Å². The van der Waals surface area contributed by atoms with E-state index in [1.165, 1.54) is 0 Å². The van der Waals surface area contributed by atoms with Gasteiger partial charge in [0.2, 0.25) is 0 Å². The minimum absolute atomic E-state index is 0.00144. The van der Waals surface area contributed by atoms with Crippen LogP contribution in [0, 0.1) is 5.92 Å². The highest BCUT2D eigenvalue weighted by molar-refractivity contribution is 5.82. The Balaban J connectivity index is 1.94. The fourth-order valence-corrected chi connectivity index (χ4v) is 2.68. The van der Waals surface area contributed by atoms with Crippen molar-refractivity contribution in [1.82, 2.24) is 4.90 Å². The number of rotatable bonds is 2. The number of piperidine rings is 1. The normalized spacial score (nSPS) is 33.7. The number of nitrogens with zero attached hydrogens (tertiary/aromatic N) is 1. The third kappa shape index (κ3) is 2.60. The first kappa shape index (κ1) is 12.4. The number of amides is 1. The predicted octanol–water partition coefficient (Wildman–Crippen LogP) is 0.877. The number of aliphatic carboxylic acids is 1. The minimum Gasteiger partial charge on any atom is -0.481 e. The number of carboxylic acid groups (broad SMARTS) is 1. The summed E-state index contributed by atoms with van der Waals surface area (Å²) in [5.74, 6) is -1.02. The van der Waals surface area contributed by atoms with E-state index in [1.807, 2.05) is 6.92 Å². The van der Waals surface area contributed by atoms with Crippen LogP contribution in [0.2, 0.25) is 0 Å². The van der Waals surface area contributed by atoms with Crippen LogP contribution in [0.25, 0.3) is 0 Å². The Morgan fingerprint density at radius 1 is 1.35 bits per heavy atom. The van der Waals surface area contributed by atoms with Crippen molar-refractivity contribution in [2.75, 3.05) is 13.2 Å². The quantitative estimate of drug-likeness (QED) is 0.779. The molecule has 0 aromatic heterocycles. The molecule has 1 N–H and O–H groups in total. The summed E-state index contributed by atoms with van der Waals surface area (Å²) in [6.07, 6.45) is 2.55. The highest BCUT2D eigenvalue weighted by Gasteiger charge is 2.36. The van der Waals surface area contributed by atoms with Gasteiger partial charge in [-0.3, -0.25) is 9.59 Å². The summed E-state index contributed by atoms with van der Waals surface area (Å²) in [6.45, 7) is 3.12. The minimum atomic E-state index is -0.749. The summed E-state index contributed by atoms with van der Waals surface area (Å²) in [6, 6.07) is 0.00144. The number of ether oxygens (including phenoxy) is 1. The zero-order valence-electron chi connectivity index (χ0n) is 10.1. The third-order valence-corrected chi connectivity index (χ3v) is 3.71. The molecule has 3 unspecified atom stereocenters. The summed E-state index contributed by atoms with van der Waals surface area (Å²) in [5, 5.41) is 8.96. The van der Waals surface area contributed by atoms with E-state index in [2.05, 4.69) is 0 Å². The lowest BCUT2D eigenvalue weighted by Crippen LogP contribution is -2.49. The molecule has 2 fully saturated rings. The highest BCUT2D eigenvalue weighted by Crippen LogP contribution is 2.25. The Morgan fingerprint density at radius 3 is 2.65 bits per heavy atom. The van der Waals surface area contributed by atoms with Crippen LogP contribution >= 0.6 is 0 Å². The standard InChI is InChI=1S/C12H19NO4/c1-8-7-9(12(15)16)4-5-13(8)11(14)10-3-2-6-17-10/h8-10H,2-7H2,1H3,(H,15,16). The van der Waals surface area contributed by atoms with Crippen molar-refractivity contribution in [3.8, 4) is 0 Å². The Bertz CT molecular complexity index is 312. The fraction of sp³-hybridized carbons (Fsp3) is 0.833. The second-order valence-corrected chi connectivity index (χ2v) is 4.94. The molecule has 2 aliphatic heterocycles. The van der Waals surface area contributed by atoms with Gasteiger partial charge < -0.3 is 14.7 Å². The smallest absolute Gasteiger partial charge is 0.306 e. The first-order valence-electron chi connectivity index (χ1n) is 6.24. The van der Waals surface area contributed by atoms with Gasteiger partial charge in [-0.15, -0.1) is 0 Å². The molecule has 5 heteroatoms. The molecule has 2 heterocycles. The van der Waals surface area contributed by atoms with Crippen molar-refractivity contribution in [1.29, 1.82) is 0 Å². The lowest BCUT2D eigenvalue weighted by Gasteiger charge is -2.37. The van der Waals surface area contributed by atoms with Crippen molar-refractivity contribution >= 4 is 11.9 Å². The van der Waals surface area contributed by atoms with Crippen LogP contribution in [0.5, 0.6) is 0 Å². The van der Waals surface area contributed by atoms with Gasteiger partial charge in [0.25, 0.3) is 5.91 Å². The Morgan fingerprint density at radius 2 is 2.12 bits per heavy atom. The van der Waals surface area contributed by atoms with Gasteiger partial charge in [-0.1, -0.05) is 0 Å². The molecular weight excluding hydrogens is 222 g/mol.